The molecule has 0 aliphatic rings. The van der Waals surface area contributed by atoms with Crippen molar-refractivity contribution in [3.63, 3.8) is 0 Å². The van der Waals surface area contributed by atoms with Crippen molar-refractivity contribution in [1.82, 2.24) is 16.1 Å². The number of nitrogens with zero attached hydrogens (tertiary/aromatic N) is 1. The molecule has 0 saturated heterocycles. The Morgan fingerprint density at radius 1 is 0.967 bits per heavy atom. The number of rotatable bonds is 10. The normalized spacial score (nSPS) is 10.4. The Labute approximate surface area is 174 Å². The number of hydrogen-bond donors (Lipinski definition) is 3. The van der Waals surface area contributed by atoms with Crippen molar-refractivity contribution in [3.8, 4) is 5.75 Å². The van der Waals surface area contributed by atoms with E-state index in [9.17, 15) is 14.4 Å². The lowest BCUT2D eigenvalue weighted by molar-refractivity contribution is -0.139. The molecule has 0 saturated carbocycles. The first-order chi connectivity index (χ1) is 14.6. The standard InChI is InChI=1S/C21H24N4O5/c1-29-12-11-22-20(27)21(28)25-24-14-17-7-9-18(10-8-17)30-15-19(26)23-13-16-5-3-2-4-6-16/h2-10,14H,11-13,15H2,1H3,(H,22,27)(H,23,26)(H,25,28)/b24-14-. The molecule has 0 heterocycles. The monoisotopic (exact) mass is 412 g/mol. The summed E-state index contributed by atoms with van der Waals surface area (Å²) in [5, 5.41) is 8.89. The van der Waals surface area contributed by atoms with E-state index in [0.29, 0.717) is 24.5 Å². The smallest absolute Gasteiger partial charge is 0.329 e. The Balaban J connectivity index is 1.70. The molecule has 3 N–H and O–H groups in total. The van der Waals surface area contributed by atoms with Gasteiger partial charge in [0.15, 0.2) is 6.61 Å². The minimum atomic E-state index is -0.871. The minimum absolute atomic E-state index is 0.103. The molecule has 0 bridgehead atoms. The first-order valence-corrected chi connectivity index (χ1v) is 9.22. The highest BCUT2D eigenvalue weighted by molar-refractivity contribution is 6.35. The molecule has 0 fully saturated rings. The van der Waals surface area contributed by atoms with Gasteiger partial charge in [-0.2, -0.15) is 5.10 Å². The van der Waals surface area contributed by atoms with Crippen molar-refractivity contribution in [1.29, 1.82) is 0 Å². The Kier molecular flexibility index (Phi) is 9.54. The predicted molar refractivity (Wildman–Crippen MR) is 111 cm³/mol. The summed E-state index contributed by atoms with van der Waals surface area (Å²) < 4.78 is 10.2. The molecule has 3 amide bonds. The highest BCUT2D eigenvalue weighted by Crippen LogP contribution is 2.11. The highest BCUT2D eigenvalue weighted by Gasteiger charge is 2.11. The summed E-state index contributed by atoms with van der Waals surface area (Å²) in [6, 6.07) is 16.3. The van der Waals surface area contributed by atoms with Gasteiger partial charge in [0.25, 0.3) is 5.91 Å². The maximum Gasteiger partial charge on any atom is 0.329 e. The van der Waals surface area contributed by atoms with E-state index in [1.165, 1.54) is 13.3 Å². The Bertz CT molecular complexity index is 853. The second-order valence-electron chi connectivity index (χ2n) is 6.07. The Hall–Kier alpha value is -3.72. The maximum absolute atomic E-state index is 11.9. The van der Waals surface area contributed by atoms with Crippen LogP contribution in [0.15, 0.2) is 59.7 Å². The fourth-order valence-corrected chi connectivity index (χ4v) is 2.21. The molecule has 0 radical (unpaired) electrons. The van der Waals surface area contributed by atoms with E-state index in [-0.39, 0.29) is 19.1 Å². The van der Waals surface area contributed by atoms with Crippen LogP contribution >= 0.6 is 0 Å². The van der Waals surface area contributed by atoms with Crippen LogP contribution in [0.5, 0.6) is 5.75 Å². The van der Waals surface area contributed by atoms with Gasteiger partial charge in [-0.15, -0.1) is 0 Å². The Morgan fingerprint density at radius 2 is 1.70 bits per heavy atom. The first kappa shape index (κ1) is 22.6. The van der Waals surface area contributed by atoms with Crippen molar-refractivity contribution in [3.05, 3.63) is 65.7 Å². The number of hydrogen-bond acceptors (Lipinski definition) is 6. The number of carbonyl (C=O) groups is 3. The average Bonchev–Trinajstić information content (AvgIpc) is 2.77. The molecule has 158 valence electrons. The summed E-state index contributed by atoms with van der Waals surface area (Å²) in [4.78, 5) is 34.9. The van der Waals surface area contributed by atoms with Crippen LogP contribution in [0.2, 0.25) is 0 Å². The Morgan fingerprint density at radius 3 is 2.40 bits per heavy atom. The maximum atomic E-state index is 11.9. The SMILES string of the molecule is COCCNC(=O)C(=O)N/N=C\c1ccc(OCC(=O)NCc2ccccc2)cc1. The van der Waals surface area contributed by atoms with E-state index in [1.54, 1.807) is 24.3 Å². The van der Waals surface area contributed by atoms with Crippen LogP contribution in [-0.2, 0) is 25.7 Å². The molecule has 2 aromatic carbocycles. The molecule has 0 unspecified atom stereocenters. The summed E-state index contributed by atoms with van der Waals surface area (Å²) in [7, 11) is 1.49. The number of amides is 3. The van der Waals surface area contributed by atoms with Gasteiger partial charge in [0, 0.05) is 20.2 Å². The number of nitrogens with one attached hydrogen (secondary N) is 3. The zero-order chi connectivity index (χ0) is 21.6. The summed E-state index contributed by atoms with van der Waals surface area (Å²) in [5.41, 5.74) is 3.82. The summed E-state index contributed by atoms with van der Waals surface area (Å²) in [6.45, 7) is 0.882. The number of ether oxygens (including phenoxy) is 2. The van der Waals surface area contributed by atoms with Gasteiger partial charge in [-0.1, -0.05) is 30.3 Å². The van der Waals surface area contributed by atoms with Gasteiger partial charge >= 0.3 is 11.8 Å². The largest absolute Gasteiger partial charge is 0.484 e. The third kappa shape index (κ3) is 8.53. The van der Waals surface area contributed by atoms with Crippen molar-refractivity contribution in [2.24, 2.45) is 5.10 Å². The predicted octanol–water partition coefficient (Wildman–Crippen LogP) is 0.595. The van der Waals surface area contributed by atoms with Crippen LogP contribution in [0.3, 0.4) is 0 Å². The van der Waals surface area contributed by atoms with Crippen LogP contribution < -0.4 is 20.8 Å². The van der Waals surface area contributed by atoms with E-state index < -0.39 is 11.8 Å². The summed E-state index contributed by atoms with van der Waals surface area (Å²) in [5.74, 6) is -1.37. The van der Waals surface area contributed by atoms with Crippen LogP contribution in [0, 0.1) is 0 Å². The second kappa shape index (κ2) is 12.7. The van der Waals surface area contributed by atoms with Crippen molar-refractivity contribution in [2.75, 3.05) is 26.9 Å². The van der Waals surface area contributed by atoms with Crippen molar-refractivity contribution in [2.45, 2.75) is 6.54 Å². The van der Waals surface area contributed by atoms with Gasteiger partial charge in [-0.3, -0.25) is 14.4 Å². The van der Waals surface area contributed by atoms with Gasteiger partial charge in [0.2, 0.25) is 0 Å². The molecular weight excluding hydrogens is 388 g/mol. The molecule has 9 nitrogen and oxygen atoms in total. The van der Waals surface area contributed by atoms with Crippen LogP contribution in [0.1, 0.15) is 11.1 Å². The van der Waals surface area contributed by atoms with E-state index >= 15 is 0 Å². The topological polar surface area (TPSA) is 118 Å². The van der Waals surface area contributed by atoms with E-state index in [2.05, 4.69) is 21.2 Å². The molecule has 2 aromatic rings. The fourth-order valence-electron chi connectivity index (χ4n) is 2.21. The summed E-state index contributed by atoms with van der Waals surface area (Å²) in [6.07, 6.45) is 1.39. The zero-order valence-electron chi connectivity index (χ0n) is 16.6. The summed E-state index contributed by atoms with van der Waals surface area (Å²) >= 11 is 0. The quantitative estimate of drug-likeness (QED) is 0.229. The third-order valence-corrected chi connectivity index (χ3v) is 3.76. The minimum Gasteiger partial charge on any atom is -0.484 e. The number of hydrazone groups is 1. The number of benzene rings is 2. The van der Waals surface area contributed by atoms with E-state index in [4.69, 9.17) is 9.47 Å². The molecular formula is C21H24N4O5. The van der Waals surface area contributed by atoms with E-state index in [0.717, 1.165) is 5.56 Å². The lowest BCUT2D eigenvalue weighted by atomic mass is 10.2. The molecule has 0 aliphatic carbocycles. The number of methoxy groups -OCH3 is 1. The zero-order valence-corrected chi connectivity index (χ0v) is 16.6. The fraction of sp³-hybridized carbons (Fsp3) is 0.238. The molecule has 0 spiro atoms. The third-order valence-electron chi connectivity index (χ3n) is 3.76. The van der Waals surface area contributed by atoms with Crippen LogP contribution in [0.4, 0.5) is 0 Å². The van der Waals surface area contributed by atoms with Crippen LogP contribution in [0.25, 0.3) is 0 Å². The van der Waals surface area contributed by atoms with Crippen molar-refractivity contribution >= 4 is 23.9 Å². The molecule has 9 heteroatoms. The molecule has 30 heavy (non-hydrogen) atoms. The van der Waals surface area contributed by atoms with Crippen LogP contribution in [-0.4, -0.2) is 50.8 Å². The molecule has 0 aliphatic heterocycles. The molecule has 2 rings (SSSR count). The van der Waals surface area contributed by atoms with Gasteiger partial charge in [0.05, 0.1) is 12.8 Å². The van der Waals surface area contributed by atoms with Gasteiger partial charge in [-0.05, 0) is 35.4 Å². The number of carbonyl (C=O) groups excluding carboxylic acids is 3. The molecule has 0 atom stereocenters. The van der Waals surface area contributed by atoms with Gasteiger partial charge < -0.3 is 20.1 Å². The average molecular weight is 412 g/mol. The molecule has 0 aromatic heterocycles. The van der Waals surface area contributed by atoms with Gasteiger partial charge in [0.1, 0.15) is 5.75 Å². The highest BCUT2D eigenvalue weighted by atomic mass is 16.5. The second-order valence-corrected chi connectivity index (χ2v) is 6.07. The first-order valence-electron chi connectivity index (χ1n) is 9.22. The lowest BCUT2D eigenvalue weighted by Gasteiger charge is -2.08. The van der Waals surface area contributed by atoms with Crippen molar-refractivity contribution < 1.29 is 23.9 Å². The van der Waals surface area contributed by atoms with E-state index in [1.807, 2.05) is 30.3 Å². The van der Waals surface area contributed by atoms with Gasteiger partial charge in [-0.25, -0.2) is 5.43 Å². The lowest BCUT2D eigenvalue weighted by Crippen LogP contribution is -2.39.